The van der Waals surface area contributed by atoms with E-state index in [1.54, 1.807) is 24.3 Å². The molecule has 1 aliphatic heterocycles. The van der Waals surface area contributed by atoms with E-state index in [2.05, 4.69) is 43.0 Å². The normalized spacial score (nSPS) is 17.0. The second kappa shape index (κ2) is 8.31. The Hall–Kier alpha value is -2.06. The van der Waals surface area contributed by atoms with Gasteiger partial charge in [0.1, 0.15) is 0 Å². The van der Waals surface area contributed by atoms with Crippen LogP contribution in [0.4, 0.5) is 11.4 Å². The Kier molecular flexibility index (Phi) is 6.06. The molecule has 1 heterocycles. The summed E-state index contributed by atoms with van der Waals surface area (Å²) in [6, 6.07) is 14.7. The molecule has 2 N–H and O–H groups in total. The average molecular weight is 452 g/mol. The molecule has 0 saturated carbocycles. The minimum absolute atomic E-state index is 0.201. The molecule has 3 rings (SSSR count). The molecular weight excluding hydrogens is 430 g/mol. The highest BCUT2D eigenvalue weighted by Gasteiger charge is 2.23. The summed E-state index contributed by atoms with van der Waals surface area (Å²) >= 11 is 3.50. The van der Waals surface area contributed by atoms with Gasteiger partial charge in [-0.1, -0.05) is 28.1 Å². The molecule has 1 amide bonds. The maximum atomic E-state index is 12.4. The van der Waals surface area contributed by atoms with Gasteiger partial charge >= 0.3 is 0 Å². The van der Waals surface area contributed by atoms with Crippen LogP contribution in [0.1, 0.15) is 16.8 Å². The van der Waals surface area contributed by atoms with Crippen molar-refractivity contribution in [1.82, 2.24) is 5.32 Å². The largest absolute Gasteiger partial charge is 0.371 e. The smallest absolute Gasteiger partial charge is 0.251 e. The third-order valence-electron chi connectivity index (χ3n) is 4.44. The Labute approximate surface area is 168 Å². The standard InChI is InChI=1S/C19H22BrN3O3S/c1-27(25,26)22-17-6-2-4-15(10-17)19(24)21-12-14-8-9-23(13-14)18-7-3-5-16(20)11-18/h2-7,10-11,14,22H,8-9,12-13H2,1H3,(H,21,24). The van der Waals surface area contributed by atoms with Crippen molar-refractivity contribution in [1.29, 1.82) is 0 Å². The third-order valence-corrected chi connectivity index (χ3v) is 5.54. The predicted octanol–water partition coefficient (Wildman–Crippen LogP) is 3.08. The first-order valence-electron chi connectivity index (χ1n) is 8.67. The summed E-state index contributed by atoms with van der Waals surface area (Å²) in [5.74, 6) is 0.179. The van der Waals surface area contributed by atoms with Crippen molar-refractivity contribution in [2.45, 2.75) is 6.42 Å². The summed E-state index contributed by atoms with van der Waals surface area (Å²) < 4.78 is 26.1. The number of anilines is 2. The molecule has 0 radical (unpaired) electrons. The molecule has 0 spiro atoms. The number of sulfonamides is 1. The number of halogens is 1. The number of carbonyl (C=O) groups excluding carboxylic acids is 1. The van der Waals surface area contributed by atoms with E-state index in [0.29, 0.717) is 23.7 Å². The van der Waals surface area contributed by atoms with Crippen LogP contribution in [0.15, 0.2) is 53.0 Å². The number of rotatable bonds is 6. The first-order valence-corrected chi connectivity index (χ1v) is 11.4. The Morgan fingerprint density at radius 3 is 2.74 bits per heavy atom. The van der Waals surface area contributed by atoms with Gasteiger partial charge in [0.2, 0.25) is 10.0 Å². The van der Waals surface area contributed by atoms with Gasteiger partial charge in [0.25, 0.3) is 5.91 Å². The monoisotopic (exact) mass is 451 g/mol. The van der Waals surface area contributed by atoms with Crippen molar-refractivity contribution in [2.24, 2.45) is 5.92 Å². The summed E-state index contributed by atoms with van der Waals surface area (Å²) in [7, 11) is -3.37. The van der Waals surface area contributed by atoms with E-state index in [1.165, 1.54) is 5.69 Å². The molecule has 8 heteroatoms. The lowest BCUT2D eigenvalue weighted by molar-refractivity contribution is 0.0948. The minimum Gasteiger partial charge on any atom is -0.371 e. The Morgan fingerprint density at radius 2 is 2.00 bits per heavy atom. The summed E-state index contributed by atoms with van der Waals surface area (Å²) in [5, 5.41) is 2.96. The van der Waals surface area contributed by atoms with Crippen LogP contribution in [0.25, 0.3) is 0 Å². The van der Waals surface area contributed by atoms with Crippen LogP contribution in [-0.4, -0.2) is 40.2 Å². The Morgan fingerprint density at radius 1 is 1.22 bits per heavy atom. The van der Waals surface area contributed by atoms with Crippen molar-refractivity contribution >= 4 is 43.2 Å². The summed E-state index contributed by atoms with van der Waals surface area (Å²) in [6.07, 6.45) is 2.10. The molecule has 1 aliphatic rings. The van der Waals surface area contributed by atoms with Crippen molar-refractivity contribution < 1.29 is 13.2 Å². The maximum absolute atomic E-state index is 12.4. The molecule has 0 aliphatic carbocycles. The van der Waals surface area contributed by atoms with Crippen molar-refractivity contribution in [3.8, 4) is 0 Å². The van der Waals surface area contributed by atoms with Gasteiger partial charge in [0, 0.05) is 41.0 Å². The van der Waals surface area contributed by atoms with Gasteiger partial charge in [0.15, 0.2) is 0 Å². The van der Waals surface area contributed by atoms with E-state index in [9.17, 15) is 13.2 Å². The van der Waals surface area contributed by atoms with Crippen LogP contribution in [0, 0.1) is 5.92 Å². The second-order valence-electron chi connectivity index (χ2n) is 6.75. The number of benzene rings is 2. The molecule has 6 nitrogen and oxygen atoms in total. The molecule has 0 bridgehead atoms. The van der Waals surface area contributed by atoms with Crippen LogP contribution in [-0.2, 0) is 10.0 Å². The van der Waals surface area contributed by atoms with Crippen LogP contribution >= 0.6 is 15.9 Å². The lowest BCUT2D eigenvalue weighted by atomic mass is 10.1. The molecule has 0 aromatic heterocycles. The van der Waals surface area contributed by atoms with E-state index in [4.69, 9.17) is 0 Å². The molecule has 27 heavy (non-hydrogen) atoms. The van der Waals surface area contributed by atoms with Crippen molar-refractivity contribution in [3.63, 3.8) is 0 Å². The van der Waals surface area contributed by atoms with E-state index >= 15 is 0 Å². The minimum atomic E-state index is -3.37. The number of hydrogen-bond donors (Lipinski definition) is 2. The first-order chi connectivity index (χ1) is 12.8. The summed E-state index contributed by atoms with van der Waals surface area (Å²) in [6.45, 7) is 2.45. The topological polar surface area (TPSA) is 78.5 Å². The zero-order valence-electron chi connectivity index (χ0n) is 15.0. The predicted molar refractivity (Wildman–Crippen MR) is 112 cm³/mol. The van der Waals surface area contributed by atoms with Gasteiger partial charge < -0.3 is 10.2 Å². The summed E-state index contributed by atoms with van der Waals surface area (Å²) in [5.41, 5.74) is 2.00. The van der Waals surface area contributed by atoms with Gasteiger partial charge in [-0.05, 0) is 48.7 Å². The first kappa shape index (κ1) is 19.7. The second-order valence-corrected chi connectivity index (χ2v) is 9.41. The van der Waals surface area contributed by atoms with Gasteiger partial charge in [-0.25, -0.2) is 8.42 Å². The van der Waals surface area contributed by atoms with E-state index in [0.717, 1.165) is 30.2 Å². The van der Waals surface area contributed by atoms with E-state index < -0.39 is 10.0 Å². The van der Waals surface area contributed by atoms with Gasteiger partial charge in [0.05, 0.1) is 6.26 Å². The molecule has 2 aromatic rings. The molecule has 1 fully saturated rings. The lowest BCUT2D eigenvalue weighted by Gasteiger charge is -2.19. The fraction of sp³-hybridized carbons (Fsp3) is 0.316. The Balaban J connectivity index is 1.55. The Bertz CT molecular complexity index is 933. The number of nitrogens with zero attached hydrogens (tertiary/aromatic N) is 1. The molecule has 1 atom stereocenters. The molecule has 2 aromatic carbocycles. The van der Waals surface area contributed by atoms with Crippen LogP contribution in [0.3, 0.4) is 0 Å². The maximum Gasteiger partial charge on any atom is 0.251 e. The van der Waals surface area contributed by atoms with Crippen molar-refractivity contribution in [3.05, 3.63) is 58.6 Å². The molecule has 1 saturated heterocycles. The summed E-state index contributed by atoms with van der Waals surface area (Å²) in [4.78, 5) is 14.7. The average Bonchev–Trinajstić information content (AvgIpc) is 3.07. The number of nitrogens with one attached hydrogen (secondary N) is 2. The van der Waals surface area contributed by atoms with Gasteiger partial charge in [-0.2, -0.15) is 0 Å². The van der Waals surface area contributed by atoms with Crippen LogP contribution in [0.5, 0.6) is 0 Å². The fourth-order valence-electron chi connectivity index (χ4n) is 3.18. The van der Waals surface area contributed by atoms with Gasteiger partial charge in [-0.15, -0.1) is 0 Å². The van der Waals surface area contributed by atoms with E-state index in [1.807, 2.05) is 12.1 Å². The fourth-order valence-corrected chi connectivity index (χ4v) is 4.13. The van der Waals surface area contributed by atoms with Crippen LogP contribution in [0.2, 0.25) is 0 Å². The van der Waals surface area contributed by atoms with Crippen LogP contribution < -0.4 is 14.9 Å². The third kappa shape index (κ3) is 5.71. The highest BCUT2D eigenvalue weighted by molar-refractivity contribution is 9.10. The van der Waals surface area contributed by atoms with Gasteiger partial charge in [-0.3, -0.25) is 9.52 Å². The molecule has 1 unspecified atom stereocenters. The lowest BCUT2D eigenvalue weighted by Crippen LogP contribution is -2.31. The zero-order valence-corrected chi connectivity index (χ0v) is 17.4. The zero-order chi connectivity index (χ0) is 19.4. The molecule has 144 valence electrons. The number of amides is 1. The quantitative estimate of drug-likeness (QED) is 0.706. The SMILES string of the molecule is CS(=O)(=O)Nc1cccc(C(=O)NCC2CCN(c3cccc(Br)c3)C2)c1. The van der Waals surface area contributed by atoms with E-state index in [-0.39, 0.29) is 5.91 Å². The highest BCUT2D eigenvalue weighted by Crippen LogP contribution is 2.26. The van der Waals surface area contributed by atoms with Crippen molar-refractivity contribution in [2.75, 3.05) is 35.5 Å². The highest BCUT2D eigenvalue weighted by atomic mass is 79.9. The number of carbonyl (C=O) groups is 1. The number of hydrogen-bond acceptors (Lipinski definition) is 4. The molecular formula is C19H22BrN3O3S.